The maximum absolute atomic E-state index is 3.61. The minimum absolute atomic E-state index is 0.576. The Bertz CT molecular complexity index is 131. The van der Waals surface area contributed by atoms with Gasteiger partial charge in [-0.25, -0.2) is 0 Å². The van der Waals surface area contributed by atoms with E-state index in [9.17, 15) is 0 Å². The highest BCUT2D eigenvalue weighted by molar-refractivity contribution is 4.89. The van der Waals surface area contributed by atoms with E-state index in [1.165, 1.54) is 0 Å². The lowest BCUT2D eigenvalue weighted by Gasteiger charge is -2.23. The molecule has 0 saturated carbocycles. The first-order valence-electron chi connectivity index (χ1n) is 5.04. The summed E-state index contributed by atoms with van der Waals surface area (Å²) >= 11 is 0. The largest absolute Gasteiger partial charge is 0.310 e. The van der Waals surface area contributed by atoms with E-state index in [-0.39, 0.29) is 0 Å². The summed E-state index contributed by atoms with van der Waals surface area (Å²) in [5.41, 5.74) is 0. The first kappa shape index (κ1) is 10.0. The molecule has 0 aliphatic carbocycles. The highest BCUT2D eigenvalue weighted by Gasteiger charge is 2.27. The summed E-state index contributed by atoms with van der Waals surface area (Å²) in [5.74, 6) is 0.706. The van der Waals surface area contributed by atoms with Crippen LogP contribution in [0.1, 0.15) is 34.6 Å². The molecular weight excluding hydrogens is 148 g/mol. The van der Waals surface area contributed by atoms with Crippen molar-refractivity contribution < 1.29 is 0 Å². The molecule has 1 heterocycles. The van der Waals surface area contributed by atoms with Gasteiger partial charge in [-0.3, -0.25) is 0 Å². The van der Waals surface area contributed by atoms with Gasteiger partial charge in [0.2, 0.25) is 0 Å². The van der Waals surface area contributed by atoms with E-state index < -0.39 is 0 Å². The molecule has 0 bridgehead atoms. The van der Waals surface area contributed by atoms with Crippen LogP contribution in [0.5, 0.6) is 0 Å². The van der Waals surface area contributed by atoms with Crippen molar-refractivity contribution in [2.45, 2.75) is 58.8 Å². The second-order valence-electron chi connectivity index (χ2n) is 4.35. The molecule has 1 fully saturated rings. The van der Waals surface area contributed by atoms with E-state index in [1.807, 2.05) is 0 Å². The molecule has 2 heteroatoms. The Morgan fingerprint density at radius 3 is 1.25 bits per heavy atom. The summed E-state index contributed by atoms with van der Waals surface area (Å²) < 4.78 is 0. The van der Waals surface area contributed by atoms with Crippen LogP contribution in [0.15, 0.2) is 0 Å². The Hall–Kier alpha value is -0.0800. The minimum Gasteiger partial charge on any atom is -0.310 e. The molecule has 0 amide bonds. The second-order valence-corrected chi connectivity index (χ2v) is 4.35. The SMILES string of the molecule is CC1NC(C)C(C)C(C)NC1C. The Morgan fingerprint density at radius 1 is 0.583 bits per heavy atom. The van der Waals surface area contributed by atoms with Crippen LogP contribution in [0, 0.1) is 5.92 Å². The molecule has 1 rings (SSSR count). The van der Waals surface area contributed by atoms with Crippen LogP contribution >= 0.6 is 0 Å². The van der Waals surface area contributed by atoms with Crippen molar-refractivity contribution in [3.8, 4) is 0 Å². The standard InChI is InChI=1S/C10H22N2/c1-6-7(2)11-9(4)10(5)12-8(6)3/h6-12H,1-5H3. The zero-order chi connectivity index (χ0) is 9.30. The first-order chi connectivity index (χ1) is 5.52. The quantitative estimate of drug-likeness (QED) is 0.574. The van der Waals surface area contributed by atoms with Gasteiger partial charge in [0.1, 0.15) is 0 Å². The maximum Gasteiger partial charge on any atom is 0.0192 e. The fraction of sp³-hybridized carbons (Fsp3) is 1.00. The molecular formula is C10H22N2. The smallest absolute Gasteiger partial charge is 0.0192 e. The minimum atomic E-state index is 0.576. The van der Waals surface area contributed by atoms with Crippen molar-refractivity contribution in [2.75, 3.05) is 0 Å². The maximum atomic E-state index is 3.61. The van der Waals surface area contributed by atoms with E-state index in [0.717, 1.165) is 0 Å². The van der Waals surface area contributed by atoms with E-state index in [2.05, 4.69) is 45.3 Å². The van der Waals surface area contributed by atoms with Crippen molar-refractivity contribution in [1.82, 2.24) is 10.6 Å². The van der Waals surface area contributed by atoms with Gasteiger partial charge in [-0.2, -0.15) is 0 Å². The highest BCUT2D eigenvalue weighted by atomic mass is 15.1. The van der Waals surface area contributed by atoms with Gasteiger partial charge in [0, 0.05) is 24.2 Å². The van der Waals surface area contributed by atoms with E-state index in [0.29, 0.717) is 30.1 Å². The Balaban J connectivity index is 2.64. The van der Waals surface area contributed by atoms with Gasteiger partial charge in [0.25, 0.3) is 0 Å². The number of rotatable bonds is 0. The van der Waals surface area contributed by atoms with Gasteiger partial charge in [-0.1, -0.05) is 6.92 Å². The van der Waals surface area contributed by atoms with Gasteiger partial charge in [-0.15, -0.1) is 0 Å². The van der Waals surface area contributed by atoms with Gasteiger partial charge in [0.15, 0.2) is 0 Å². The molecule has 4 unspecified atom stereocenters. The van der Waals surface area contributed by atoms with Crippen LogP contribution < -0.4 is 10.6 Å². The predicted molar refractivity (Wildman–Crippen MR) is 53.3 cm³/mol. The van der Waals surface area contributed by atoms with Crippen molar-refractivity contribution in [1.29, 1.82) is 0 Å². The fourth-order valence-corrected chi connectivity index (χ4v) is 1.85. The molecule has 12 heavy (non-hydrogen) atoms. The number of nitrogens with one attached hydrogen (secondary N) is 2. The average Bonchev–Trinajstić information content (AvgIpc) is 2.07. The van der Waals surface area contributed by atoms with Gasteiger partial charge >= 0.3 is 0 Å². The molecule has 4 atom stereocenters. The number of hydrogen-bond donors (Lipinski definition) is 2. The molecule has 1 aliphatic heterocycles. The molecule has 0 aromatic heterocycles. The summed E-state index contributed by atoms with van der Waals surface area (Å²) in [7, 11) is 0. The number of hydrogen-bond acceptors (Lipinski definition) is 2. The van der Waals surface area contributed by atoms with Gasteiger partial charge in [0.05, 0.1) is 0 Å². The molecule has 2 nitrogen and oxygen atoms in total. The Labute approximate surface area is 76.1 Å². The van der Waals surface area contributed by atoms with Crippen LogP contribution in [-0.4, -0.2) is 24.2 Å². The average molecular weight is 170 g/mol. The molecule has 1 saturated heterocycles. The van der Waals surface area contributed by atoms with E-state index in [1.54, 1.807) is 0 Å². The van der Waals surface area contributed by atoms with Crippen LogP contribution in [0.2, 0.25) is 0 Å². The Kier molecular flexibility index (Phi) is 3.13. The van der Waals surface area contributed by atoms with Crippen molar-refractivity contribution in [3.05, 3.63) is 0 Å². The lowest BCUT2D eigenvalue weighted by molar-refractivity contribution is 0.353. The molecule has 0 radical (unpaired) electrons. The second kappa shape index (κ2) is 3.75. The Morgan fingerprint density at radius 2 is 0.917 bits per heavy atom. The molecule has 2 N–H and O–H groups in total. The lowest BCUT2D eigenvalue weighted by Crippen LogP contribution is -2.44. The monoisotopic (exact) mass is 170 g/mol. The summed E-state index contributed by atoms with van der Waals surface area (Å²) in [5, 5.41) is 7.22. The predicted octanol–water partition coefficient (Wildman–Crippen LogP) is 1.37. The van der Waals surface area contributed by atoms with Crippen LogP contribution in [0.4, 0.5) is 0 Å². The lowest BCUT2D eigenvalue weighted by atomic mass is 9.97. The van der Waals surface area contributed by atoms with Gasteiger partial charge in [-0.05, 0) is 33.6 Å². The topological polar surface area (TPSA) is 24.1 Å². The van der Waals surface area contributed by atoms with Gasteiger partial charge < -0.3 is 10.6 Å². The van der Waals surface area contributed by atoms with E-state index >= 15 is 0 Å². The van der Waals surface area contributed by atoms with Crippen LogP contribution in [0.25, 0.3) is 0 Å². The molecule has 72 valence electrons. The third-order valence-corrected chi connectivity index (χ3v) is 3.38. The summed E-state index contributed by atoms with van der Waals surface area (Å²) in [6, 6.07) is 2.39. The highest BCUT2D eigenvalue weighted by Crippen LogP contribution is 2.14. The molecule has 0 aromatic carbocycles. The zero-order valence-electron chi connectivity index (χ0n) is 8.89. The first-order valence-corrected chi connectivity index (χ1v) is 5.04. The van der Waals surface area contributed by atoms with Crippen molar-refractivity contribution in [3.63, 3.8) is 0 Å². The summed E-state index contributed by atoms with van der Waals surface area (Å²) in [6.07, 6.45) is 0. The van der Waals surface area contributed by atoms with Crippen molar-refractivity contribution in [2.24, 2.45) is 5.92 Å². The molecule has 0 spiro atoms. The van der Waals surface area contributed by atoms with Crippen molar-refractivity contribution >= 4 is 0 Å². The zero-order valence-corrected chi connectivity index (χ0v) is 8.89. The van der Waals surface area contributed by atoms with Crippen LogP contribution in [-0.2, 0) is 0 Å². The molecule has 0 aromatic rings. The van der Waals surface area contributed by atoms with E-state index in [4.69, 9.17) is 0 Å². The fourth-order valence-electron chi connectivity index (χ4n) is 1.85. The third-order valence-electron chi connectivity index (χ3n) is 3.38. The molecule has 1 aliphatic rings. The third kappa shape index (κ3) is 1.99. The normalized spacial score (nSPS) is 50.2. The summed E-state index contributed by atoms with van der Waals surface area (Å²) in [4.78, 5) is 0. The van der Waals surface area contributed by atoms with Crippen LogP contribution in [0.3, 0.4) is 0 Å². The summed E-state index contributed by atoms with van der Waals surface area (Å²) in [6.45, 7) is 11.4.